The maximum atomic E-state index is 13.0. The first-order valence-corrected chi connectivity index (χ1v) is 8.98. The summed E-state index contributed by atoms with van der Waals surface area (Å²) in [6.07, 6.45) is 0.864. The van der Waals surface area contributed by atoms with E-state index in [4.69, 9.17) is 4.74 Å². The first kappa shape index (κ1) is 18.9. The normalized spacial score (nSPS) is 16.4. The number of ether oxygens (including phenoxy) is 1. The van der Waals surface area contributed by atoms with Gasteiger partial charge >= 0.3 is 0 Å². The smallest absolute Gasteiger partial charge is 0.225 e. The lowest BCUT2D eigenvalue weighted by Gasteiger charge is -2.17. The molecule has 0 spiro atoms. The van der Waals surface area contributed by atoms with E-state index in [-0.39, 0.29) is 30.0 Å². The molecule has 6 heteroatoms. The number of carbonyl (C=O) groups excluding carboxylic acids is 2. The minimum atomic E-state index is -0.347. The molecule has 0 bridgehead atoms. The molecule has 142 valence electrons. The van der Waals surface area contributed by atoms with Crippen molar-refractivity contribution >= 4 is 11.8 Å². The zero-order valence-corrected chi connectivity index (χ0v) is 15.3. The second-order valence-corrected chi connectivity index (χ2v) is 6.65. The molecule has 1 fully saturated rings. The van der Waals surface area contributed by atoms with Crippen LogP contribution in [-0.4, -0.2) is 36.9 Å². The molecule has 1 aliphatic rings. The molecule has 1 heterocycles. The molecule has 0 radical (unpaired) electrons. The number of nitrogens with zero attached hydrogens (tertiary/aromatic N) is 1. The molecule has 1 aliphatic heterocycles. The minimum Gasteiger partial charge on any atom is -0.496 e. The number of benzene rings is 2. The number of likely N-dealkylation sites (tertiary alicyclic amines) is 1. The molecular weight excluding hydrogens is 347 g/mol. The van der Waals surface area contributed by atoms with Gasteiger partial charge in [0.15, 0.2) is 0 Å². The number of methoxy groups -OCH3 is 1. The fraction of sp³-hybridized carbons (Fsp3) is 0.333. The first-order chi connectivity index (χ1) is 13.1. The molecular formula is C21H23FN2O3. The van der Waals surface area contributed by atoms with Crippen LogP contribution in [0.2, 0.25) is 0 Å². The van der Waals surface area contributed by atoms with Crippen LogP contribution in [-0.2, 0) is 22.6 Å². The molecule has 1 unspecified atom stereocenters. The van der Waals surface area contributed by atoms with E-state index >= 15 is 0 Å². The van der Waals surface area contributed by atoms with Gasteiger partial charge in [-0.2, -0.15) is 0 Å². The van der Waals surface area contributed by atoms with Crippen LogP contribution in [0.15, 0.2) is 48.5 Å². The minimum absolute atomic E-state index is 0.0189. The maximum Gasteiger partial charge on any atom is 0.225 e. The van der Waals surface area contributed by atoms with Crippen LogP contribution in [0.1, 0.15) is 17.5 Å². The van der Waals surface area contributed by atoms with Gasteiger partial charge in [0.25, 0.3) is 0 Å². The number of hydrogen-bond acceptors (Lipinski definition) is 3. The predicted octanol–water partition coefficient (Wildman–Crippen LogP) is 2.54. The van der Waals surface area contributed by atoms with Crippen molar-refractivity contribution in [2.24, 2.45) is 5.92 Å². The van der Waals surface area contributed by atoms with E-state index in [9.17, 15) is 14.0 Å². The van der Waals surface area contributed by atoms with E-state index in [2.05, 4.69) is 5.32 Å². The van der Waals surface area contributed by atoms with Crippen molar-refractivity contribution < 1.29 is 18.7 Å². The third-order valence-corrected chi connectivity index (χ3v) is 4.81. The average Bonchev–Trinajstić information content (AvgIpc) is 3.06. The van der Waals surface area contributed by atoms with Gasteiger partial charge in [-0.25, -0.2) is 4.39 Å². The number of rotatable bonds is 7. The maximum absolute atomic E-state index is 13.0. The van der Waals surface area contributed by atoms with E-state index in [1.165, 1.54) is 12.1 Å². The third-order valence-electron chi connectivity index (χ3n) is 4.81. The zero-order chi connectivity index (χ0) is 19.2. The van der Waals surface area contributed by atoms with E-state index < -0.39 is 0 Å². The quantitative estimate of drug-likeness (QED) is 0.815. The molecule has 0 saturated carbocycles. The van der Waals surface area contributed by atoms with Gasteiger partial charge < -0.3 is 15.0 Å². The highest BCUT2D eigenvalue weighted by molar-refractivity contribution is 5.89. The molecule has 1 atom stereocenters. The van der Waals surface area contributed by atoms with Gasteiger partial charge in [0.2, 0.25) is 11.8 Å². The Hall–Kier alpha value is -2.89. The Bertz CT molecular complexity index is 807. The van der Waals surface area contributed by atoms with Gasteiger partial charge in [0.1, 0.15) is 11.6 Å². The van der Waals surface area contributed by atoms with Crippen LogP contribution in [0, 0.1) is 11.7 Å². The Morgan fingerprint density at radius 2 is 1.96 bits per heavy atom. The lowest BCUT2D eigenvalue weighted by Crippen LogP contribution is -2.33. The van der Waals surface area contributed by atoms with Gasteiger partial charge in [-0.3, -0.25) is 9.59 Å². The number of halogens is 1. The highest BCUT2D eigenvalue weighted by Crippen LogP contribution is 2.20. The number of carbonyl (C=O) groups is 2. The standard InChI is InChI=1S/C21H23FN2O3/c1-27-19-5-3-2-4-16(19)13-23-21(26)17-12-20(25)24(14-17)11-10-15-6-8-18(22)9-7-15/h2-9,17H,10-14H2,1H3,(H,23,26). The molecule has 1 saturated heterocycles. The molecule has 27 heavy (non-hydrogen) atoms. The number of para-hydroxylation sites is 1. The van der Waals surface area contributed by atoms with Crippen LogP contribution in [0.4, 0.5) is 4.39 Å². The molecule has 3 rings (SSSR count). The van der Waals surface area contributed by atoms with E-state index in [1.54, 1.807) is 24.1 Å². The van der Waals surface area contributed by atoms with Gasteiger partial charge in [0.05, 0.1) is 13.0 Å². The highest BCUT2D eigenvalue weighted by Gasteiger charge is 2.33. The van der Waals surface area contributed by atoms with Crippen LogP contribution in [0.25, 0.3) is 0 Å². The largest absolute Gasteiger partial charge is 0.496 e. The van der Waals surface area contributed by atoms with Crippen LogP contribution in [0.5, 0.6) is 5.75 Å². The van der Waals surface area contributed by atoms with Crippen molar-refractivity contribution in [3.63, 3.8) is 0 Å². The molecule has 0 aromatic heterocycles. The van der Waals surface area contributed by atoms with E-state index in [1.807, 2.05) is 24.3 Å². The van der Waals surface area contributed by atoms with Gasteiger partial charge in [-0.05, 0) is 30.2 Å². The van der Waals surface area contributed by atoms with Crippen molar-refractivity contribution in [1.82, 2.24) is 10.2 Å². The Balaban J connectivity index is 1.50. The molecule has 1 N–H and O–H groups in total. The molecule has 2 amide bonds. The lowest BCUT2D eigenvalue weighted by atomic mass is 10.1. The van der Waals surface area contributed by atoms with Crippen LogP contribution < -0.4 is 10.1 Å². The summed E-state index contributed by atoms with van der Waals surface area (Å²) in [4.78, 5) is 26.4. The Labute approximate surface area is 158 Å². The van der Waals surface area contributed by atoms with E-state index in [0.29, 0.717) is 26.1 Å². The average molecular weight is 370 g/mol. The van der Waals surface area contributed by atoms with E-state index in [0.717, 1.165) is 16.9 Å². The van der Waals surface area contributed by atoms with Gasteiger partial charge in [-0.15, -0.1) is 0 Å². The zero-order valence-electron chi connectivity index (χ0n) is 15.3. The van der Waals surface area contributed by atoms with Crippen molar-refractivity contribution in [3.05, 3.63) is 65.5 Å². The first-order valence-electron chi connectivity index (χ1n) is 8.98. The number of hydrogen-bond donors (Lipinski definition) is 1. The number of amides is 2. The van der Waals surface area contributed by atoms with Gasteiger partial charge in [0, 0.05) is 31.6 Å². The molecule has 5 nitrogen and oxygen atoms in total. The molecule has 2 aromatic carbocycles. The fourth-order valence-corrected chi connectivity index (χ4v) is 3.25. The Morgan fingerprint density at radius 1 is 1.22 bits per heavy atom. The number of nitrogens with one attached hydrogen (secondary N) is 1. The second-order valence-electron chi connectivity index (χ2n) is 6.65. The van der Waals surface area contributed by atoms with Crippen molar-refractivity contribution in [3.8, 4) is 5.75 Å². The summed E-state index contributed by atoms with van der Waals surface area (Å²) in [6.45, 7) is 1.31. The summed E-state index contributed by atoms with van der Waals surface area (Å²) in [5.41, 5.74) is 1.86. The molecule has 2 aromatic rings. The third kappa shape index (κ3) is 4.84. The van der Waals surface area contributed by atoms with Crippen LogP contribution in [0.3, 0.4) is 0 Å². The van der Waals surface area contributed by atoms with Crippen molar-refractivity contribution in [2.45, 2.75) is 19.4 Å². The summed E-state index contributed by atoms with van der Waals surface area (Å²) in [5.74, 6) is -0.0440. The summed E-state index contributed by atoms with van der Waals surface area (Å²) in [5, 5.41) is 2.90. The lowest BCUT2D eigenvalue weighted by molar-refractivity contribution is -0.129. The topological polar surface area (TPSA) is 58.6 Å². The Morgan fingerprint density at radius 3 is 2.70 bits per heavy atom. The van der Waals surface area contributed by atoms with Crippen LogP contribution >= 0.6 is 0 Å². The summed E-state index contributed by atoms with van der Waals surface area (Å²) >= 11 is 0. The highest BCUT2D eigenvalue weighted by atomic mass is 19.1. The summed E-state index contributed by atoms with van der Waals surface area (Å²) in [6, 6.07) is 13.8. The van der Waals surface area contributed by atoms with Crippen molar-refractivity contribution in [1.29, 1.82) is 0 Å². The Kier molecular flexibility index (Phi) is 6.06. The fourth-order valence-electron chi connectivity index (χ4n) is 3.25. The SMILES string of the molecule is COc1ccccc1CNC(=O)C1CC(=O)N(CCc2ccc(F)cc2)C1. The summed E-state index contributed by atoms with van der Waals surface area (Å²) < 4.78 is 18.2. The van der Waals surface area contributed by atoms with Crippen molar-refractivity contribution in [2.75, 3.05) is 20.2 Å². The monoisotopic (exact) mass is 370 g/mol. The second kappa shape index (κ2) is 8.66. The van der Waals surface area contributed by atoms with Gasteiger partial charge in [-0.1, -0.05) is 30.3 Å². The molecule has 0 aliphatic carbocycles. The summed E-state index contributed by atoms with van der Waals surface area (Å²) in [7, 11) is 1.59. The predicted molar refractivity (Wildman–Crippen MR) is 99.6 cm³/mol.